The van der Waals surface area contributed by atoms with Gasteiger partial charge in [0.05, 0.1) is 37.4 Å². The maximum absolute atomic E-state index is 13.4. The lowest BCUT2D eigenvalue weighted by molar-refractivity contribution is -0.113. The second kappa shape index (κ2) is 9.42. The third-order valence-corrected chi connectivity index (χ3v) is 5.59. The summed E-state index contributed by atoms with van der Waals surface area (Å²) >= 11 is 1.45. The van der Waals surface area contributed by atoms with Crippen LogP contribution in [0.2, 0.25) is 0 Å². The van der Waals surface area contributed by atoms with Crippen LogP contribution in [0.1, 0.15) is 18.4 Å². The summed E-state index contributed by atoms with van der Waals surface area (Å²) in [7, 11) is 3.14. The van der Waals surface area contributed by atoms with Crippen LogP contribution in [0.15, 0.2) is 70.5 Å². The van der Waals surface area contributed by atoms with Gasteiger partial charge in [0, 0.05) is 11.3 Å². The lowest BCUT2D eigenvalue weighted by Gasteiger charge is -2.30. The number of carbonyl (C=O) groups is 1. The highest BCUT2D eigenvalue weighted by Crippen LogP contribution is 2.44. The number of nitrogens with zero attached hydrogens (tertiary/aromatic N) is 1. The Morgan fingerprint density at radius 3 is 2.37 bits per heavy atom. The van der Waals surface area contributed by atoms with E-state index in [2.05, 4.69) is 15.5 Å². The van der Waals surface area contributed by atoms with Gasteiger partial charge >= 0.3 is 0 Å². The van der Waals surface area contributed by atoms with Crippen molar-refractivity contribution in [3.05, 3.63) is 87.5 Å². The van der Waals surface area contributed by atoms with Crippen LogP contribution < -0.4 is 20.1 Å². The molecule has 0 spiro atoms. The van der Waals surface area contributed by atoms with E-state index in [0.29, 0.717) is 34.2 Å². The lowest BCUT2D eigenvalue weighted by Crippen LogP contribution is -2.30. The molecule has 1 heterocycles. The maximum Gasteiger partial charge on any atom is 0.253 e. The minimum Gasteiger partial charge on any atom is -0.496 e. The number of amides is 1. The highest BCUT2D eigenvalue weighted by atomic mass is 32.2. The van der Waals surface area contributed by atoms with E-state index in [1.54, 1.807) is 26.4 Å². The zero-order valence-electron chi connectivity index (χ0n) is 17.3. The summed E-state index contributed by atoms with van der Waals surface area (Å²) in [4.78, 5) is 17.2. The number of methoxy groups -OCH3 is 2. The first-order valence-corrected chi connectivity index (χ1v) is 10.5. The molecule has 6 nitrogen and oxygen atoms in total. The van der Waals surface area contributed by atoms with Gasteiger partial charge in [-0.3, -0.25) is 4.79 Å². The smallest absolute Gasteiger partial charge is 0.253 e. The molecule has 0 aromatic heterocycles. The molecule has 1 amide bonds. The summed E-state index contributed by atoms with van der Waals surface area (Å²) in [5.41, 5.74) is 2.95. The molecule has 0 bridgehead atoms. The average molecular weight is 422 g/mol. The summed E-state index contributed by atoms with van der Waals surface area (Å²) in [6.45, 7) is 9.66. The second-order valence-electron chi connectivity index (χ2n) is 6.52. The zero-order chi connectivity index (χ0) is 21.7. The van der Waals surface area contributed by atoms with Gasteiger partial charge in [0.2, 0.25) is 5.70 Å². The van der Waals surface area contributed by atoms with Gasteiger partial charge in [0.25, 0.3) is 5.91 Å². The van der Waals surface area contributed by atoms with Crippen molar-refractivity contribution in [1.29, 1.82) is 0 Å². The molecular weight excluding hydrogens is 398 g/mol. The van der Waals surface area contributed by atoms with Crippen LogP contribution in [0.4, 0.5) is 5.69 Å². The first kappa shape index (κ1) is 21.3. The first-order chi connectivity index (χ1) is 14.5. The molecule has 1 aliphatic heterocycles. The molecule has 1 aliphatic rings. The minimum atomic E-state index is -0.558. The van der Waals surface area contributed by atoms with E-state index in [-0.39, 0.29) is 5.91 Å². The summed E-state index contributed by atoms with van der Waals surface area (Å²) in [6.07, 6.45) is 1.90. The van der Waals surface area contributed by atoms with Crippen LogP contribution in [0, 0.1) is 6.57 Å². The van der Waals surface area contributed by atoms with E-state index in [1.165, 1.54) is 11.8 Å². The van der Waals surface area contributed by atoms with Gasteiger partial charge in [-0.05, 0) is 36.9 Å². The van der Waals surface area contributed by atoms with Crippen LogP contribution in [0.25, 0.3) is 4.85 Å². The number of anilines is 1. The Hall–Kier alpha value is -3.37. The van der Waals surface area contributed by atoms with E-state index in [0.717, 1.165) is 10.6 Å². The molecular formula is C23H23N3O3S. The van der Waals surface area contributed by atoms with Gasteiger partial charge in [-0.1, -0.05) is 30.3 Å². The standard InChI is InChI=1S/C23H23N3O3S/c1-14-19(22(27)26-16-11-7-9-13-18(16)29-4)20(21(24-2)23(25-14)30-5)15-10-6-8-12-17(15)28-3/h6-13,20,25H,1,3-5H3,(H,26,27). The Morgan fingerprint density at radius 1 is 1.10 bits per heavy atom. The maximum atomic E-state index is 13.4. The van der Waals surface area contributed by atoms with Crippen molar-refractivity contribution in [3.8, 4) is 11.5 Å². The Labute approximate surface area is 180 Å². The SMILES string of the molecule is [C-]#[N+]C1=C(SC)NC(C)=C(C(=O)Nc2ccccc2OC)C1c1ccccc1OC. The number of benzene rings is 2. The number of hydrogen-bond donors (Lipinski definition) is 2. The van der Waals surface area contributed by atoms with Crippen LogP contribution in [0.5, 0.6) is 11.5 Å². The van der Waals surface area contributed by atoms with Gasteiger partial charge in [0.15, 0.2) is 0 Å². The molecule has 154 valence electrons. The molecule has 0 aliphatic carbocycles. The van der Waals surface area contributed by atoms with E-state index < -0.39 is 5.92 Å². The number of para-hydroxylation sites is 3. The Kier molecular flexibility index (Phi) is 6.70. The molecule has 1 unspecified atom stereocenters. The third-order valence-electron chi connectivity index (χ3n) is 4.87. The van der Waals surface area contributed by atoms with Crippen molar-refractivity contribution in [3.63, 3.8) is 0 Å². The lowest BCUT2D eigenvalue weighted by atomic mass is 9.84. The monoisotopic (exact) mass is 421 g/mol. The van der Waals surface area contributed by atoms with Crippen LogP contribution in [0.3, 0.4) is 0 Å². The molecule has 2 aromatic carbocycles. The van der Waals surface area contributed by atoms with Crippen molar-refractivity contribution in [2.24, 2.45) is 0 Å². The number of dihydropyridines is 1. The third kappa shape index (κ3) is 4.00. The average Bonchev–Trinajstić information content (AvgIpc) is 2.78. The highest BCUT2D eigenvalue weighted by Gasteiger charge is 2.36. The number of nitrogens with one attached hydrogen (secondary N) is 2. The van der Waals surface area contributed by atoms with Gasteiger partial charge in [0.1, 0.15) is 11.5 Å². The summed E-state index contributed by atoms with van der Waals surface area (Å²) in [6, 6.07) is 14.7. The fourth-order valence-corrected chi connectivity index (χ4v) is 4.13. The molecule has 0 saturated carbocycles. The molecule has 0 radical (unpaired) electrons. The van der Waals surface area contributed by atoms with E-state index in [4.69, 9.17) is 16.0 Å². The molecule has 0 saturated heterocycles. The Morgan fingerprint density at radius 2 is 1.73 bits per heavy atom. The van der Waals surface area contributed by atoms with Gasteiger partial charge in [-0.2, -0.15) is 0 Å². The first-order valence-electron chi connectivity index (χ1n) is 9.26. The number of carbonyl (C=O) groups excluding carboxylic acids is 1. The highest BCUT2D eigenvalue weighted by molar-refractivity contribution is 8.02. The summed E-state index contributed by atoms with van der Waals surface area (Å²) in [5, 5.41) is 6.90. The summed E-state index contributed by atoms with van der Waals surface area (Å²) in [5.74, 6) is 0.327. The predicted molar refractivity (Wildman–Crippen MR) is 120 cm³/mol. The summed E-state index contributed by atoms with van der Waals surface area (Å²) < 4.78 is 10.9. The van der Waals surface area contributed by atoms with Crippen LogP contribution in [-0.4, -0.2) is 26.4 Å². The fraction of sp³-hybridized carbons (Fsp3) is 0.217. The minimum absolute atomic E-state index is 0.304. The van der Waals surface area contributed by atoms with Gasteiger partial charge in [-0.15, -0.1) is 11.8 Å². The fourth-order valence-electron chi connectivity index (χ4n) is 3.50. The van der Waals surface area contributed by atoms with Crippen molar-refractivity contribution in [2.75, 3.05) is 25.8 Å². The zero-order valence-corrected chi connectivity index (χ0v) is 18.1. The molecule has 0 fully saturated rings. The quantitative estimate of drug-likeness (QED) is 0.659. The Balaban J connectivity index is 2.13. The normalized spacial score (nSPS) is 15.9. The molecule has 1 atom stereocenters. The van der Waals surface area contributed by atoms with E-state index in [1.807, 2.05) is 49.6 Å². The number of allylic oxidation sites excluding steroid dienone is 2. The number of rotatable bonds is 6. The largest absolute Gasteiger partial charge is 0.496 e. The van der Waals surface area contributed by atoms with Gasteiger partial charge < -0.3 is 20.1 Å². The topological polar surface area (TPSA) is 64.0 Å². The van der Waals surface area contributed by atoms with E-state index >= 15 is 0 Å². The Bertz CT molecular complexity index is 1070. The van der Waals surface area contributed by atoms with Crippen molar-refractivity contribution >= 4 is 23.4 Å². The number of hydrogen-bond acceptors (Lipinski definition) is 5. The molecule has 2 N–H and O–H groups in total. The molecule has 30 heavy (non-hydrogen) atoms. The van der Waals surface area contributed by atoms with Crippen molar-refractivity contribution in [1.82, 2.24) is 5.32 Å². The molecule has 3 rings (SSSR count). The second-order valence-corrected chi connectivity index (χ2v) is 7.34. The van der Waals surface area contributed by atoms with Gasteiger partial charge in [-0.25, -0.2) is 4.85 Å². The number of ether oxygens (including phenoxy) is 2. The van der Waals surface area contributed by atoms with Crippen LogP contribution in [-0.2, 0) is 4.79 Å². The van der Waals surface area contributed by atoms with E-state index in [9.17, 15) is 4.79 Å². The van der Waals surface area contributed by atoms with Crippen molar-refractivity contribution in [2.45, 2.75) is 12.8 Å². The van der Waals surface area contributed by atoms with Crippen molar-refractivity contribution < 1.29 is 14.3 Å². The molecule has 7 heteroatoms. The number of thioether (sulfide) groups is 1. The van der Waals surface area contributed by atoms with Crippen LogP contribution >= 0.6 is 11.8 Å². The predicted octanol–water partition coefficient (Wildman–Crippen LogP) is 4.75. The molecule has 2 aromatic rings.